The number of carbonyl (C=O) groups excluding carboxylic acids is 1. The maximum absolute atomic E-state index is 13.4. The molecular weight excluding hydrogens is 447 g/mol. The maximum Gasteiger partial charge on any atom is 0.573 e. The summed E-state index contributed by atoms with van der Waals surface area (Å²) in [4.78, 5) is 15.1. The summed E-state index contributed by atoms with van der Waals surface area (Å²) in [6, 6.07) is 13.2. The Hall–Kier alpha value is -3.49. The van der Waals surface area contributed by atoms with Crippen LogP contribution in [-0.2, 0) is 6.54 Å². The third kappa shape index (κ3) is 4.88. The van der Waals surface area contributed by atoms with Crippen LogP contribution in [0.1, 0.15) is 47.8 Å². The molecule has 0 N–H and O–H groups in total. The van der Waals surface area contributed by atoms with Gasteiger partial charge in [-0.2, -0.15) is 5.10 Å². The molecule has 1 aliphatic carbocycles. The van der Waals surface area contributed by atoms with Gasteiger partial charge in [-0.05, 0) is 54.3 Å². The highest BCUT2D eigenvalue weighted by atomic mass is 19.4. The Kier molecular flexibility index (Phi) is 5.93. The lowest BCUT2D eigenvalue weighted by Crippen LogP contribution is -2.32. The minimum atomic E-state index is -4.74. The monoisotopic (exact) mass is 471 g/mol. The van der Waals surface area contributed by atoms with Crippen LogP contribution in [0.4, 0.5) is 13.2 Å². The van der Waals surface area contributed by atoms with Crippen molar-refractivity contribution >= 4 is 5.91 Å². The summed E-state index contributed by atoms with van der Waals surface area (Å²) in [5.41, 5.74) is 2.61. The highest BCUT2D eigenvalue weighted by Crippen LogP contribution is 2.32. The molecule has 6 nitrogen and oxygen atoms in total. The van der Waals surface area contributed by atoms with E-state index in [2.05, 4.69) is 4.74 Å². The average molecular weight is 471 g/mol. The third-order valence-corrected chi connectivity index (χ3v) is 6.25. The Morgan fingerprint density at radius 2 is 1.76 bits per heavy atom. The van der Waals surface area contributed by atoms with Gasteiger partial charge in [-0.25, -0.2) is 0 Å². The summed E-state index contributed by atoms with van der Waals surface area (Å²) in [7, 11) is 0. The molecule has 0 radical (unpaired) electrons. The predicted octanol–water partition coefficient (Wildman–Crippen LogP) is 5.60. The minimum absolute atomic E-state index is 0.165. The lowest BCUT2D eigenvalue weighted by molar-refractivity contribution is -0.274. The number of halogens is 3. The molecule has 0 saturated heterocycles. The van der Waals surface area contributed by atoms with Gasteiger partial charge in [0, 0.05) is 6.20 Å². The fraction of sp³-hybridized carbons (Fsp3) is 0.360. The maximum atomic E-state index is 13.4. The largest absolute Gasteiger partial charge is 0.573 e. The summed E-state index contributed by atoms with van der Waals surface area (Å²) in [5.74, 6) is 0.0280. The van der Waals surface area contributed by atoms with Crippen LogP contribution in [0, 0.1) is 0 Å². The second-order valence-electron chi connectivity index (χ2n) is 8.58. The fourth-order valence-corrected chi connectivity index (χ4v) is 4.57. The molecule has 5 rings (SSSR count). The van der Waals surface area contributed by atoms with Crippen molar-refractivity contribution in [3.05, 3.63) is 66.0 Å². The Balaban J connectivity index is 1.34. The molecule has 1 fully saturated rings. The second kappa shape index (κ2) is 9.04. The number of fused-ring (bicyclic) bond motifs is 1. The summed E-state index contributed by atoms with van der Waals surface area (Å²) >= 11 is 0. The van der Waals surface area contributed by atoms with Crippen LogP contribution in [0.2, 0.25) is 0 Å². The normalized spacial score (nSPS) is 16.8. The molecule has 2 aromatic carbocycles. The number of carbonyl (C=O) groups is 1. The molecular formula is C25H24F3N3O3. The molecule has 178 valence electrons. The van der Waals surface area contributed by atoms with E-state index in [4.69, 9.17) is 9.84 Å². The van der Waals surface area contributed by atoms with Crippen LogP contribution in [0.15, 0.2) is 54.7 Å². The van der Waals surface area contributed by atoms with Crippen LogP contribution in [0.25, 0.3) is 11.1 Å². The minimum Gasteiger partial charge on any atom is -0.491 e. The molecule has 1 aromatic heterocycles. The van der Waals surface area contributed by atoms with Gasteiger partial charge in [-0.15, -0.1) is 13.2 Å². The van der Waals surface area contributed by atoms with E-state index >= 15 is 0 Å². The van der Waals surface area contributed by atoms with Crippen molar-refractivity contribution in [1.29, 1.82) is 0 Å². The predicted molar refractivity (Wildman–Crippen MR) is 119 cm³/mol. The van der Waals surface area contributed by atoms with Gasteiger partial charge in [-0.3, -0.25) is 9.48 Å². The molecule has 9 heteroatoms. The standard InChI is InChI=1S/C25H24F3N3O3/c26-25(27,28)34-21-8-5-17(6-9-21)18-7-10-23-22(15-18)24(32)30(13-14-33-23)16-19-11-12-31(29-19)20-3-1-2-4-20/h5-12,15,20H,1-4,13-14,16H2. The van der Waals surface area contributed by atoms with Crippen molar-refractivity contribution in [2.24, 2.45) is 0 Å². The van der Waals surface area contributed by atoms with Gasteiger partial charge >= 0.3 is 6.36 Å². The molecule has 1 aliphatic heterocycles. The van der Waals surface area contributed by atoms with E-state index in [1.165, 1.54) is 37.1 Å². The molecule has 0 unspecified atom stereocenters. The van der Waals surface area contributed by atoms with Crippen molar-refractivity contribution in [2.45, 2.75) is 44.6 Å². The first-order valence-corrected chi connectivity index (χ1v) is 11.3. The molecule has 1 amide bonds. The molecule has 0 spiro atoms. The van der Waals surface area contributed by atoms with Gasteiger partial charge in [0.05, 0.1) is 30.4 Å². The van der Waals surface area contributed by atoms with Crippen molar-refractivity contribution in [2.75, 3.05) is 13.2 Å². The number of nitrogens with zero attached hydrogens (tertiary/aromatic N) is 3. The number of amides is 1. The topological polar surface area (TPSA) is 56.6 Å². The van der Waals surface area contributed by atoms with Crippen LogP contribution in [0.3, 0.4) is 0 Å². The summed E-state index contributed by atoms with van der Waals surface area (Å²) in [6.07, 6.45) is 1.96. The van der Waals surface area contributed by atoms with E-state index in [0.29, 0.717) is 48.2 Å². The van der Waals surface area contributed by atoms with E-state index < -0.39 is 6.36 Å². The van der Waals surface area contributed by atoms with E-state index in [1.807, 2.05) is 16.9 Å². The Morgan fingerprint density at radius 1 is 1.03 bits per heavy atom. The summed E-state index contributed by atoms with van der Waals surface area (Å²) in [5, 5.41) is 4.70. The van der Waals surface area contributed by atoms with Gasteiger partial charge < -0.3 is 14.4 Å². The number of benzene rings is 2. The van der Waals surface area contributed by atoms with E-state index in [-0.39, 0.29) is 11.7 Å². The van der Waals surface area contributed by atoms with Crippen LogP contribution in [-0.4, -0.2) is 40.1 Å². The smallest absolute Gasteiger partial charge is 0.491 e. The van der Waals surface area contributed by atoms with Gasteiger partial charge in [0.15, 0.2) is 0 Å². The summed E-state index contributed by atoms with van der Waals surface area (Å²) < 4.78 is 49.0. The molecule has 0 bridgehead atoms. The highest BCUT2D eigenvalue weighted by molar-refractivity contribution is 5.98. The van der Waals surface area contributed by atoms with Crippen molar-refractivity contribution < 1.29 is 27.4 Å². The number of aromatic nitrogens is 2. The molecule has 0 atom stereocenters. The molecule has 2 heterocycles. The quantitative estimate of drug-likeness (QED) is 0.486. The number of alkyl halides is 3. The van der Waals surface area contributed by atoms with E-state index in [0.717, 1.165) is 18.5 Å². The highest BCUT2D eigenvalue weighted by Gasteiger charge is 2.31. The number of hydrogen-bond donors (Lipinski definition) is 0. The molecule has 2 aliphatic rings. The second-order valence-corrected chi connectivity index (χ2v) is 8.58. The Bertz CT molecular complexity index is 1170. The molecule has 34 heavy (non-hydrogen) atoms. The Morgan fingerprint density at radius 3 is 2.50 bits per heavy atom. The van der Waals surface area contributed by atoms with Crippen LogP contribution < -0.4 is 9.47 Å². The van der Waals surface area contributed by atoms with Crippen LogP contribution in [0.5, 0.6) is 11.5 Å². The number of hydrogen-bond acceptors (Lipinski definition) is 4. The SMILES string of the molecule is O=C1c2cc(-c3ccc(OC(F)(F)F)cc3)ccc2OCCN1Cc1ccn(C2CCCC2)n1. The first-order chi connectivity index (χ1) is 16.4. The lowest BCUT2D eigenvalue weighted by Gasteiger charge is -2.19. The number of rotatable bonds is 5. The van der Waals surface area contributed by atoms with Gasteiger partial charge in [0.1, 0.15) is 18.1 Å². The van der Waals surface area contributed by atoms with Gasteiger partial charge in [-0.1, -0.05) is 31.0 Å². The van der Waals surface area contributed by atoms with E-state index in [9.17, 15) is 18.0 Å². The van der Waals surface area contributed by atoms with Gasteiger partial charge in [0.2, 0.25) is 0 Å². The van der Waals surface area contributed by atoms with E-state index in [1.54, 1.807) is 23.1 Å². The Labute approximate surface area is 194 Å². The first kappa shape index (κ1) is 22.3. The van der Waals surface area contributed by atoms with Crippen LogP contribution >= 0.6 is 0 Å². The molecule has 3 aromatic rings. The number of ether oxygens (including phenoxy) is 2. The zero-order valence-electron chi connectivity index (χ0n) is 18.4. The fourth-order valence-electron chi connectivity index (χ4n) is 4.57. The third-order valence-electron chi connectivity index (χ3n) is 6.25. The first-order valence-electron chi connectivity index (χ1n) is 11.3. The lowest BCUT2D eigenvalue weighted by atomic mass is 10.0. The zero-order chi connectivity index (χ0) is 23.7. The molecule has 1 saturated carbocycles. The zero-order valence-corrected chi connectivity index (χ0v) is 18.4. The summed E-state index contributed by atoms with van der Waals surface area (Å²) in [6.45, 7) is 1.18. The average Bonchev–Trinajstić information content (AvgIpc) is 3.47. The van der Waals surface area contributed by atoms with Crippen molar-refractivity contribution in [1.82, 2.24) is 14.7 Å². The van der Waals surface area contributed by atoms with Crippen molar-refractivity contribution in [3.63, 3.8) is 0 Å². The van der Waals surface area contributed by atoms with Crippen molar-refractivity contribution in [3.8, 4) is 22.6 Å². The van der Waals surface area contributed by atoms with Gasteiger partial charge in [0.25, 0.3) is 5.91 Å².